The van der Waals surface area contributed by atoms with E-state index in [0.717, 1.165) is 18.1 Å². The van der Waals surface area contributed by atoms with E-state index in [2.05, 4.69) is 48.6 Å². The van der Waals surface area contributed by atoms with Crippen LogP contribution in [0.3, 0.4) is 0 Å². The number of piperazine rings is 1. The van der Waals surface area contributed by atoms with Gasteiger partial charge in [0, 0.05) is 37.2 Å². The summed E-state index contributed by atoms with van der Waals surface area (Å²) in [5.41, 5.74) is 0.541. The van der Waals surface area contributed by atoms with Gasteiger partial charge in [-0.15, -0.1) is 0 Å². The van der Waals surface area contributed by atoms with Gasteiger partial charge < -0.3 is 14.5 Å². The number of amides is 1. The molecule has 6 heteroatoms. The third kappa shape index (κ3) is 4.58. The van der Waals surface area contributed by atoms with Crippen LogP contribution in [0.1, 0.15) is 54.2 Å². The molecule has 0 bridgehead atoms. The number of carbonyl (C=O) groups excluding carboxylic acids is 1. The lowest BCUT2D eigenvalue weighted by atomic mass is 9.92. The molecule has 6 nitrogen and oxygen atoms in total. The SMILES string of the molecule is C[C@@H]1CN(C(=O)OC(C)(C)C)CCN1c1cc(C(C)(C)C)ncn1. The third-order valence-corrected chi connectivity index (χ3v) is 3.99. The number of hydrogen-bond donors (Lipinski definition) is 0. The van der Waals surface area contributed by atoms with Gasteiger partial charge in [0.1, 0.15) is 17.7 Å². The average molecular weight is 334 g/mol. The summed E-state index contributed by atoms with van der Waals surface area (Å²) in [6.07, 6.45) is 1.38. The zero-order valence-corrected chi connectivity index (χ0v) is 16.0. The van der Waals surface area contributed by atoms with Crippen LogP contribution in [0.4, 0.5) is 10.6 Å². The summed E-state index contributed by atoms with van der Waals surface area (Å²) in [6, 6.07) is 2.23. The maximum atomic E-state index is 12.2. The van der Waals surface area contributed by atoms with Gasteiger partial charge in [-0.2, -0.15) is 0 Å². The van der Waals surface area contributed by atoms with Crippen molar-refractivity contribution in [3.8, 4) is 0 Å². The normalized spacial score (nSPS) is 19.4. The van der Waals surface area contributed by atoms with E-state index in [-0.39, 0.29) is 17.6 Å². The zero-order chi connectivity index (χ0) is 18.1. The van der Waals surface area contributed by atoms with E-state index in [0.29, 0.717) is 13.1 Å². The Balaban J connectivity index is 2.08. The molecule has 0 radical (unpaired) electrons. The second-order valence-corrected chi connectivity index (χ2v) is 8.48. The van der Waals surface area contributed by atoms with Crippen molar-refractivity contribution in [1.29, 1.82) is 0 Å². The van der Waals surface area contributed by atoms with Crippen molar-refractivity contribution in [2.45, 2.75) is 65.5 Å². The topological polar surface area (TPSA) is 58.6 Å². The van der Waals surface area contributed by atoms with Crippen molar-refractivity contribution >= 4 is 11.9 Å². The van der Waals surface area contributed by atoms with Crippen LogP contribution < -0.4 is 4.90 Å². The summed E-state index contributed by atoms with van der Waals surface area (Å²) in [5, 5.41) is 0. The maximum Gasteiger partial charge on any atom is 0.410 e. The smallest absolute Gasteiger partial charge is 0.410 e. The molecule has 1 aromatic rings. The number of anilines is 1. The van der Waals surface area contributed by atoms with Crippen LogP contribution in [0.25, 0.3) is 0 Å². The van der Waals surface area contributed by atoms with Gasteiger partial charge in [0.25, 0.3) is 0 Å². The van der Waals surface area contributed by atoms with Crippen LogP contribution in [0, 0.1) is 0 Å². The lowest BCUT2D eigenvalue weighted by Gasteiger charge is -2.41. The third-order valence-electron chi connectivity index (χ3n) is 3.99. The van der Waals surface area contributed by atoms with Gasteiger partial charge in [-0.1, -0.05) is 20.8 Å². The van der Waals surface area contributed by atoms with Crippen LogP contribution in [0.15, 0.2) is 12.4 Å². The summed E-state index contributed by atoms with van der Waals surface area (Å²) in [5.74, 6) is 0.922. The van der Waals surface area contributed by atoms with Crippen molar-refractivity contribution in [3.63, 3.8) is 0 Å². The highest BCUT2D eigenvalue weighted by Gasteiger charge is 2.31. The van der Waals surface area contributed by atoms with Crippen molar-refractivity contribution in [3.05, 3.63) is 18.1 Å². The molecule has 0 aliphatic carbocycles. The minimum atomic E-state index is -0.467. The van der Waals surface area contributed by atoms with E-state index < -0.39 is 5.60 Å². The number of ether oxygens (including phenoxy) is 1. The highest BCUT2D eigenvalue weighted by Crippen LogP contribution is 2.25. The second-order valence-electron chi connectivity index (χ2n) is 8.48. The molecule has 134 valence electrons. The minimum absolute atomic E-state index is 0.0146. The molecule has 1 saturated heterocycles. The number of carbonyl (C=O) groups is 1. The molecule has 1 amide bonds. The molecular formula is C18H30N4O2. The fourth-order valence-electron chi connectivity index (χ4n) is 2.70. The van der Waals surface area contributed by atoms with Crippen molar-refractivity contribution in [1.82, 2.24) is 14.9 Å². The molecule has 0 aromatic carbocycles. The molecule has 0 saturated carbocycles. The van der Waals surface area contributed by atoms with Crippen LogP contribution in [-0.4, -0.2) is 52.2 Å². The molecule has 24 heavy (non-hydrogen) atoms. The molecule has 1 atom stereocenters. The molecule has 2 rings (SSSR count). The summed E-state index contributed by atoms with van der Waals surface area (Å²) in [6.45, 7) is 16.2. The lowest BCUT2D eigenvalue weighted by Crippen LogP contribution is -2.54. The first kappa shape index (κ1) is 18.5. The molecule has 2 heterocycles. The van der Waals surface area contributed by atoms with Crippen molar-refractivity contribution < 1.29 is 9.53 Å². The van der Waals surface area contributed by atoms with E-state index >= 15 is 0 Å². The number of rotatable bonds is 1. The van der Waals surface area contributed by atoms with Gasteiger partial charge in [-0.25, -0.2) is 14.8 Å². The van der Waals surface area contributed by atoms with Crippen LogP contribution >= 0.6 is 0 Å². The van der Waals surface area contributed by atoms with Crippen molar-refractivity contribution in [2.75, 3.05) is 24.5 Å². The highest BCUT2D eigenvalue weighted by atomic mass is 16.6. The van der Waals surface area contributed by atoms with Crippen LogP contribution in [0.2, 0.25) is 0 Å². The van der Waals surface area contributed by atoms with Crippen LogP contribution in [-0.2, 0) is 10.2 Å². The first-order valence-corrected chi connectivity index (χ1v) is 8.54. The lowest BCUT2D eigenvalue weighted by molar-refractivity contribution is 0.0218. The van der Waals surface area contributed by atoms with Gasteiger partial charge in [0.2, 0.25) is 0 Å². The molecule has 1 aromatic heterocycles. The van der Waals surface area contributed by atoms with Gasteiger partial charge in [0.15, 0.2) is 0 Å². The Morgan fingerprint density at radius 2 is 1.83 bits per heavy atom. The van der Waals surface area contributed by atoms with E-state index in [1.807, 2.05) is 20.8 Å². The summed E-state index contributed by atoms with van der Waals surface area (Å²) in [4.78, 5) is 25.1. The highest BCUT2D eigenvalue weighted by molar-refractivity contribution is 5.68. The number of nitrogens with zero attached hydrogens (tertiary/aromatic N) is 4. The number of hydrogen-bond acceptors (Lipinski definition) is 5. The summed E-state index contributed by atoms with van der Waals surface area (Å²) < 4.78 is 5.47. The van der Waals surface area contributed by atoms with Crippen LogP contribution in [0.5, 0.6) is 0 Å². The fraction of sp³-hybridized carbons (Fsp3) is 0.722. The fourth-order valence-corrected chi connectivity index (χ4v) is 2.70. The van der Waals surface area contributed by atoms with Gasteiger partial charge in [0.05, 0.1) is 5.69 Å². The Morgan fingerprint density at radius 1 is 1.17 bits per heavy atom. The second kappa shape index (κ2) is 6.57. The summed E-state index contributed by atoms with van der Waals surface area (Å²) in [7, 11) is 0. The molecule has 0 N–H and O–H groups in total. The van der Waals surface area contributed by atoms with E-state index in [1.165, 1.54) is 0 Å². The molecular weight excluding hydrogens is 304 g/mol. The largest absolute Gasteiger partial charge is 0.444 e. The maximum absolute atomic E-state index is 12.2. The Kier molecular flexibility index (Phi) is 5.06. The first-order chi connectivity index (χ1) is 11.0. The average Bonchev–Trinajstić information content (AvgIpc) is 2.44. The predicted molar refractivity (Wildman–Crippen MR) is 95.3 cm³/mol. The Morgan fingerprint density at radius 3 is 2.38 bits per heavy atom. The zero-order valence-electron chi connectivity index (χ0n) is 16.0. The molecule has 0 unspecified atom stereocenters. The Labute approximate surface area is 145 Å². The van der Waals surface area contributed by atoms with Gasteiger partial charge in [-0.3, -0.25) is 0 Å². The van der Waals surface area contributed by atoms with Crippen molar-refractivity contribution in [2.24, 2.45) is 0 Å². The monoisotopic (exact) mass is 334 g/mol. The quantitative estimate of drug-likeness (QED) is 0.789. The molecule has 1 aliphatic rings. The first-order valence-electron chi connectivity index (χ1n) is 8.54. The standard InChI is InChI=1S/C18H30N4O2/c1-13-11-21(16(23)24-18(5,6)7)8-9-22(13)15-10-14(17(2,3)4)19-12-20-15/h10,12-13H,8-9,11H2,1-7H3/t13-/m1/s1. The van der Waals surface area contributed by atoms with Gasteiger partial charge >= 0.3 is 6.09 Å². The van der Waals surface area contributed by atoms with E-state index in [1.54, 1.807) is 11.2 Å². The molecule has 1 aliphatic heterocycles. The Bertz CT molecular complexity index is 589. The van der Waals surface area contributed by atoms with E-state index in [4.69, 9.17) is 4.74 Å². The molecule has 0 spiro atoms. The van der Waals surface area contributed by atoms with Gasteiger partial charge in [-0.05, 0) is 27.7 Å². The predicted octanol–water partition coefficient (Wildman–Crippen LogP) is 3.22. The Hall–Kier alpha value is -1.85. The number of aromatic nitrogens is 2. The summed E-state index contributed by atoms with van der Waals surface area (Å²) >= 11 is 0. The minimum Gasteiger partial charge on any atom is -0.444 e. The van der Waals surface area contributed by atoms with E-state index in [9.17, 15) is 4.79 Å². The molecule has 1 fully saturated rings.